The van der Waals surface area contributed by atoms with Crippen molar-refractivity contribution < 1.29 is 19.2 Å². The fraction of sp³-hybridized carbons (Fsp3) is 0.235. The van der Waals surface area contributed by atoms with Gasteiger partial charge in [-0.05, 0) is 36.8 Å². The Hall–Kier alpha value is -3.09. The van der Waals surface area contributed by atoms with E-state index in [9.17, 15) is 14.9 Å². The van der Waals surface area contributed by atoms with E-state index in [0.717, 1.165) is 0 Å². The Morgan fingerprint density at radius 3 is 2.42 bits per heavy atom. The zero-order valence-corrected chi connectivity index (χ0v) is 13.7. The van der Waals surface area contributed by atoms with Gasteiger partial charge < -0.3 is 14.8 Å². The molecule has 0 fully saturated rings. The first-order valence-corrected chi connectivity index (χ1v) is 7.20. The fourth-order valence-electron chi connectivity index (χ4n) is 2.25. The van der Waals surface area contributed by atoms with Crippen molar-refractivity contribution in [2.45, 2.75) is 6.92 Å². The molecule has 126 valence electrons. The Bertz CT molecular complexity index is 774. The van der Waals surface area contributed by atoms with Gasteiger partial charge in [-0.15, -0.1) is 0 Å². The number of hydrogen-bond donors (Lipinski definition) is 1. The van der Waals surface area contributed by atoms with Gasteiger partial charge in [0.25, 0.3) is 5.69 Å². The molecule has 2 aromatic rings. The number of benzene rings is 2. The van der Waals surface area contributed by atoms with Crippen LogP contribution in [0.3, 0.4) is 0 Å². The number of anilines is 1. The molecule has 2 aromatic carbocycles. The van der Waals surface area contributed by atoms with Gasteiger partial charge in [0.2, 0.25) is 0 Å². The van der Waals surface area contributed by atoms with Crippen molar-refractivity contribution in [2.75, 3.05) is 26.1 Å². The lowest BCUT2D eigenvalue weighted by Gasteiger charge is -2.11. The van der Waals surface area contributed by atoms with Crippen molar-refractivity contribution in [3.8, 4) is 11.5 Å². The lowest BCUT2D eigenvalue weighted by atomic mass is 10.1. The number of nitrogens with one attached hydrogen (secondary N) is 1. The second-order valence-corrected chi connectivity index (χ2v) is 5.10. The Balaban J connectivity index is 2.09. The summed E-state index contributed by atoms with van der Waals surface area (Å²) in [4.78, 5) is 22.6. The van der Waals surface area contributed by atoms with E-state index in [1.54, 1.807) is 31.2 Å². The molecule has 0 unspecified atom stereocenters. The van der Waals surface area contributed by atoms with Crippen LogP contribution in [-0.4, -0.2) is 31.5 Å². The summed E-state index contributed by atoms with van der Waals surface area (Å²) in [5, 5.41) is 13.7. The monoisotopic (exact) mass is 330 g/mol. The number of nitro groups is 1. The van der Waals surface area contributed by atoms with Gasteiger partial charge in [0.05, 0.1) is 25.7 Å². The van der Waals surface area contributed by atoms with E-state index in [0.29, 0.717) is 28.3 Å². The van der Waals surface area contributed by atoms with Gasteiger partial charge in [-0.2, -0.15) is 0 Å². The molecule has 0 aliphatic heterocycles. The Labute approximate surface area is 139 Å². The van der Waals surface area contributed by atoms with E-state index in [1.165, 1.54) is 26.4 Å². The number of ketones is 1. The molecule has 0 saturated carbocycles. The molecule has 2 rings (SSSR count). The molecule has 0 spiro atoms. The number of nitrogens with zero attached hydrogens (tertiary/aromatic N) is 1. The van der Waals surface area contributed by atoms with Crippen molar-refractivity contribution in [1.82, 2.24) is 0 Å². The summed E-state index contributed by atoms with van der Waals surface area (Å²) in [5.74, 6) is 0.900. The largest absolute Gasteiger partial charge is 0.493 e. The van der Waals surface area contributed by atoms with Crippen LogP contribution in [0.15, 0.2) is 36.4 Å². The van der Waals surface area contributed by atoms with E-state index in [2.05, 4.69) is 5.32 Å². The number of carbonyl (C=O) groups excluding carboxylic acids is 1. The molecular weight excluding hydrogens is 312 g/mol. The molecule has 7 heteroatoms. The SMILES string of the molecule is COc1ccc(C(=O)CNc2ccc([N+](=O)[O-])cc2C)cc1OC. The molecule has 0 heterocycles. The molecular formula is C17H18N2O5. The second kappa shape index (κ2) is 7.45. The summed E-state index contributed by atoms with van der Waals surface area (Å²) in [6.07, 6.45) is 0. The van der Waals surface area contributed by atoms with Crippen molar-refractivity contribution in [1.29, 1.82) is 0 Å². The number of carbonyl (C=O) groups is 1. The van der Waals surface area contributed by atoms with Crippen LogP contribution >= 0.6 is 0 Å². The Kier molecular flexibility index (Phi) is 5.36. The average Bonchev–Trinajstić information content (AvgIpc) is 2.59. The number of aryl methyl sites for hydroxylation is 1. The lowest BCUT2D eigenvalue weighted by Crippen LogP contribution is -2.14. The smallest absolute Gasteiger partial charge is 0.269 e. The van der Waals surface area contributed by atoms with Gasteiger partial charge in [-0.3, -0.25) is 14.9 Å². The van der Waals surface area contributed by atoms with Crippen LogP contribution in [0.2, 0.25) is 0 Å². The maximum absolute atomic E-state index is 12.3. The number of rotatable bonds is 7. The number of Topliss-reactive ketones (excluding diaryl/α,β-unsaturated/α-hetero) is 1. The summed E-state index contributed by atoms with van der Waals surface area (Å²) in [7, 11) is 3.03. The summed E-state index contributed by atoms with van der Waals surface area (Å²) in [6.45, 7) is 1.81. The van der Waals surface area contributed by atoms with E-state index < -0.39 is 4.92 Å². The van der Waals surface area contributed by atoms with E-state index in [4.69, 9.17) is 9.47 Å². The van der Waals surface area contributed by atoms with Crippen LogP contribution in [-0.2, 0) is 0 Å². The van der Waals surface area contributed by atoms with Crippen molar-refractivity contribution in [3.63, 3.8) is 0 Å². The number of non-ortho nitro benzene ring substituents is 1. The molecule has 24 heavy (non-hydrogen) atoms. The predicted molar refractivity (Wildman–Crippen MR) is 90.2 cm³/mol. The highest BCUT2D eigenvalue weighted by Crippen LogP contribution is 2.28. The van der Waals surface area contributed by atoms with Gasteiger partial charge in [0, 0.05) is 23.4 Å². The molecule has 0 bridgehead atoms. The normalized spacial score (nSPS) is 10.1. The van der Waals surface area contributed by atoms with Crippen molar-refractivity contribution >= 4 is 17.2 Å². The maximum Gasteiger partial charge on any atom is 0.269 e. The van der Waals surface area contributed by atoms with Crippen LogP contribution in [0.1, 0.15) is 15.9 Å². The predicted octanol–water partition coefficient (Wildman–Crippen LogP) is 3.22. The minimum Gasteiger partial charge on any atom is -0.493 e. The lowest BCUT2D eigenvalue weighted by molar-refractivity contribution is -0.384. The van der Waals surface area contributed by atoms with Crippen molar-refractivity contribution in [3.05, 3.63) is 57.6 Å². The third-order valence-corrected chi connectivity index (χ3v) is 3.57. The highest BCUT2D eigenvalue weighted by Gasteiger charge is 2.12. The molecule has 1 N–H and O–H groups in total. The average molecular weight is 330 g/mol. The first kappa shape index (κ1) is 17.3. The number of ether oxygens (including phenoxy) is 2. The third-order valence-electron chi connectivity index (χ3n) is 3.57. The standard InChI is InChI=1S/C17H18N2O5/c1-11-8-13(19(21)22)5-6-14(11)18-10-15(20)12-4-7-16(23-2)17(9-12)24-3/h4-9,18H,10H2,1-3H3. The summed E-state index contributed by atoms with van der Waals surface area (Å²) < 4.78 is 10.3. The van der Waals surface area contributed by atoms with E-state index >= 15 is 0 Å². The van der Waals surface area contributed by atoms with Crippen LogP contribution in [0, 0.1) is 17.0 Å². The number of methoxy groups -OCH3 is 2. The molecule has 0 radical (unpaired) electrons. The van der Waals surface area contributed by atoms with Gasteiger partial charge in [0.1, 0.15) is 0 Å². The molecule has 0 saturated heterocycles. The van der Waals surface area contributed by atoms with Gasteiger partial charge >= 0.3 is 0 Å². The molecule has 0 aliphatic rings. The molecule has 0 aromatic heterocycles. The Morgan fingerprint density at radius 2 is 1.83 bits per heavy atom. The van der Waals surface area contributed by atoms with Crippen LogP contribution < -0.4 is 14.8 Å². The molecule has 7 nitrogen and oxygen atoms in total. The van der Waals surface area contributed by atoms with Gasteiger partial charge in [-0.25, -0.2) is 0 Å². The van der Waals surface area contributed by atoms with E-state index in [-0.39, 0.29) is 18.0 Å². The van der Waals surface area contributed by atoms with E-state index in [1.807, 2.05) is 0 Å². The minimum atomic E-state index is -0.453. The van der Waals surface area contributed by atoms with Gasteiger partial charge in [0.15, 0.2) is 17.3 Å². The first-order valence-electron chi connectivity index (χ1n) is 7.20. The number of nitro benzene ring substituents is 1. The van der Waals surface area contributed by atoms with Crippen molar-refractivity contribution in [2.24, 2.45) is 0 Å². The molecule has 0 amide bonds. The summed E-state index contributed by atoms with van der Waals surface area (Å²) >= 11 is 0. The minimum absolute atomic E-state index is 0.0178. The van der Waals surface area contributed by atoms with Gasteiger partial charge in [-0.1, -0.05) is 0 Å². The fourth-order valence-corrected chi connectivity index (χ4v) is 2.25. The summed E-state index contributed by atoms with van der Waals surface area (Å²) in [6, 6.07) is 9.40. The van der Waals surface area contributed by atoms with Crippen LogP contribution in [0.25, 0.3) is 0 Å². The Morgan fingerprint density at radius 1 is 1.12 bits per heavy atom. The van der Waals surface area contributed by atoms with Crippen LogP contribution in [0.5, 0.6) is 11.5 Å². The highest BCUT2D eigenvalue weighted by atomic mass is 16.6. The number of hydrogen-bond acceptors (Lipinski definition) is 6. The third kappa shape index (κ3) is 3.81. The zero-order valence-electron chi connectivity index (χ0n) is 13.7. The molecule has 0 aliphatic carbocycles. The summed E-state index contributed by atoms with van der Waals surface area (Å²) in [5.41, 5.74) is 1.88. The quantitative estimate of drug-likeness (QED) is 0.476. The highest BCUT2D eigenvalue weighted by molar-refractivity contribution is 5.99. The second-order valence-electron chi connectivity index (χ2n) is 5.10. The molecule has 0 atom stereocenters. The topological polar surface area (TPSA) is 90.7 Å². The van der Waals surface area contributed by atoms with Crippen LogP contribution in [0.4, 0.5) is 11.4 Å². The maximum atomic E-state index is 12.3. The zero-order chi connectivity index (χ0) is 17.7. The first-order chi connectivity index (χ1) is 11.5.